The number of benzene rings is 1. The Balaban J connectivity index is 3.35. The van der Waals surface area contributed by atoms with Crippen molar-refractivity contribution in [3.8, 4) is 5.75 Å². The summed E-state index contributed by atoms with van der Waals surface area (Å²) >= 11 is 0. The highest BCUT2D eigenvalue weighted by atomic mass is 19.4. The summed E-state index contributed by atoms with van der Waals surface area (Å²) in [6, 6.07) is 2.69. The summed E-state index contributed by atoms with van der Waals surface area (Å²) in [7, 11) is 0. The Labute approximate surface area is 77.0 Å². The molecule has 0 aliphatic carbocycles. The quantitative estimate of drug-likeness (QED) is 0.729. The van der Waals surface area contributed by atoms with Crippen molar-refractivity contribution in [2.75, 3.05) is 0 Å². The van der Waals surface area contributed by atoms with Crippen LogP contribution in [0.5, 0.6) is 5.75 Å². The van der Waals surface area contributed by atoms with Crippen LogP contribution in [-0.2, 0) is 6.18 Å². The third kappa shape index (κ3) is 1.78. The number of aromatic hydroxyl groups is 1. The lowest BCUT2D eigenvalue weighted by Gasteiger charge is -2.10. The summed E-state index contributed by atoms with van der Waals surface area (Å²) < 4.78 is 36.5. The van der Waals surface area contributed by atoms with Gasteiger partial charge in [0.1, 0.15) is 5.75 Å². The van der Waals surface area contributed by atoms with Gasteiger partial charge in [0.15, 0.2) is 0 Å². The number of alkyl halides is 3. The molecule has 76 valence electrons. The maximum Gasteiger partial charge on any atom is 0.419 e. The minimum absolute atomic E-state index is 0.542. The zero-order valence-electron chi connectivity index (χ0n) is 6.80. The second kappa shape index (κ2) is 3.21. The molecule has 1 rings (SSSR count). The van der Waals surface area contributed by atoms with Gasteiger partial charge in [-0.3, -0.25) is 4.79 Å². The zero-order chi connectivity index (χ0) is 10.9. The van der Waals surface area contributed by atoms with Gasteiger partial charge in [-0.2, -0.15) is 13.2 Å². The lowest BCUT2D eigenvalue weighted by Crippen LogP contribution is -2.14. The number of carbonyl (C=O) groups excluding carboxylic acids is 1. The van der Waals surface area contributed by atoms with E-state index in [-0.39, 0.29) is 0 Å². The predicted octanol–water partition coefficient (Wildman–Crippen LogP) is 1.51. The molecule has 0 aliphatic heterocycles. The van der Waals surface area contributed by atoms with Crippen LogP contribution in [0.1, 0.15) is 15.9 Å². The van der Waals surface area contributed by atoms with E-state index in [0.29, 0.717) is 6.07 Å². The molecule has 0 spiro atoms. The number of nitrogens with two attached hydrogens (primary N) is 1. The fourth-order valence-electron chi connectivity index (χ4n) is 0.971. The summed E-state index contributed by atoms with van der Waals surface area (Å²) in [6.07, 6.45) is -4.70. The van der Waals surface area contributed by atoms with Gasteiger partial charge >= 0.3 is 6.18 Å². The maximum atomic E-state index is 12.2. The first-order valence-corrected chi connectivity index (χ1v) is 3.53. The van der Waals surface area contributed by atoms with Crippen LogP contribution in [0.25, 0.3) is 0 Å². The third-order valence-electron chi connectivity index (χ3n) is 1.61. The summed E-state index contributed by atoms with van der Waals surface area (Å²) in [6.45, 7) is 0. The van der Waals surface area contributed by atoms with Gasteiger partial charge < -0.3 is 10.8 Å². The Morgan fingerprint density at radius 1 is 1.36 bits per heavy atom. The van der Waals surface area contributed by atoms with Crippen molar-refractivity contribution in [1.82, 2.24) is 0 Å². The topological polar surface area (TPSA) is 63.3 Å². The molecule has 6 heteroatoms. The van der Waals surface area contributed by atoms with E-state index >= 15 is 0 Å². The number of hydrogen-bond donors (Lipinski definition) is 2. The van der Waals surface area contributed by atoms with E-state index in [1.54, 1.807) is 0 Å². The van der Waals surface area contributed by atoms with Crippen molar-refractivity contribution >= 4 is 5.91 Å². The fourth-order valence-corrected chi connectivity index (χ4v) is 0.971. The smallest absolute Gasteiger partial charge is 0.419 e. The Morgan fingerprint density at radius 2 is 1.93 bits per heavy atom. The van der Waals surface area contributed by atoms with Crippen LogP contribution in [0.2, 0.25) is 0 Å². The molecule has 1 amide bonds. The van der Waals surface area contributed by atoms with Crippen molar-refractivity contribution in [3.05, 3.63) is 29.3 Å². The second-order valence-corrected chi connectivity index (χ2v) is 2.56. The monoisotopic (exact) mass is 205 g/mol. The molecule has 1 aromatic rings. The molecule has 0 unspecified atom stereocenters. The minimum Gasteiger partial charge on any atom is -0.506 e. The molecule has 0 atom stereocenters. The van der Waals surface area contributed by atoms with Gasteiger partial charge in [-0.05, 0) is 12.1 Å². The van der Waals surface area contributed by atoms with E-state index in [4.69, 9.17) is 10.8 Å². The highest BCUT2D eigenvalue weighted by molar-refractivity contribution is 5.95. The van der Waals surface area contributed by atoms with E-state index in [2.05, 4.69) is 0 Å². The van der Waals surface area contributed by atoms with E-state index in [1.165, 1.54) is 0 Å². The SMILES string of the molecule is NC(=O)c1cccc(C(F)(F)F)c1O. The van der Waals surface area contributed by atoms with E-state index in [9.17, 15) is 18.0 Å². The Kier molecular flexibility index (Phi) is 2.37. The molecule has 0 radical (unpaired) electrons. The third-order valence-corrected chi connectivity index (χ3v) is 1.61. The van der Waals surface area contributed by atoms with Crippen LogP contribution < -0.4 is 5.73 Å². The summed E-state index contributed by atoms with van der Waals surface area (Å²) in [5.41, 5.74) is 2.95. The molecule has 0 aromatic heterocycles. The van der Waals surface area contributed by atoms with Crippen LogP contribution in [0, 0.1) is 0 Å². The standard InChI is InChI=1S/C8H6F3NO2/c9-8(10,11)5-3-1-2-4(6(5)13)7(12)14/h1-3,13H,(H2,12,14). The summed E-state index contributed by atoms with van der Waals surface area (Å²) in [5.74, 6) is -2.24. The van der Waals surface area contributed by atoms with Gasteiger partial charge in [-0.25, -0.2) is 0 Å². The largest absolute Gasteiger partial charge is 0.506 e. The van der Waals surface area contributed by atoms with Crippen molar-refractivity contribution < 1.29 is 23.1 Å². The van der Waals surface area contributed by atoms with Crippen LogP contribution in [0.3, 0.4) is 0 Å². The van der Waals surface area contributed by atoms with Gasteiger partial charge in [0, 0.05) is 0 Å². The first-order chi connectivity index (χ1) is 6.34. The average Bonchev–Trinajstić information content (AvgIpc) is 2.01. The lowest BCUT2D eigenvalue weighted by molar-refractivity contribution is -0.138. The minimum atomic E-state index is -4.70. The molecule has 14 heavy (non-hydrogen) atoms. The highest BCUT2D eigenvalue weighted by Crippen LogP contribution is 2.37. The van der Waals surface area contributed by atoms with Crippen LogP contribution in [-0.4, -0.2) is 11.0 Å². The molecule has 3 N–H and O–H groups in total. The van der Waals surface area contributed by atoms with E-state index in [1.807, 2.05) is 0 Å². The summed E-state index contributed by atoms with van der Waals surface area (Å²) in [4.78, 5) is 10.6. The molecule has 0 saturated carbocycles. The Bertz CT molecular complexity index is 373. The number of phenols is 1. The lowest BCUT2D eigenvalue weighted by atomic mass is 10.1. The molecule has 0 fully saturated rings. The first kappa shape index (κ1) is 10.4. The van der Waals surface area contributed by atoms with Gasteiger partial charge in [-0.1, -0.05) is 6.07 Å². The van der Waals surface area contributed by atoms with Crippen LogP contribution in [0.4, 0.5) is 13.2 Å². The molecule has 0 heterocycles. The second-order valence-electron chi connectivity index (χ2n) is 2.56. The first-order valence-electron chi connectivity index (χ1n) is 3.53. The normalized spacial score (nSPS) is 11.4. The van der Waals surface area contributed by atoms with E-state index < -0.39 is 29.0 Å². The number of carbonyl (C=O) groups is 1. The molecule has 0 saturated heterocycles. The van der Waals surface area contributed by atoms with Crippen molar-refractivity contribution in [1.29, 1.82) is 0 Å². The predicted molar refractivity (Wildman–Crippen MR) is 41.6 cm³/mol. The number of hydrogen-bond acceptors (Lipinski definition) is 2. The molecule has 3 nitrogen and oxygen atoms in total. The van der Waals surface area contributed by atoms with Gasteiger partial charge in [0.2, 0.25) is 0 Å². The maximum absolute atomic E-state index is 12.2. The van der Waals surface area contributed by atoms with Gasteiger partial charge in [0.25, 0.3) is 5.91 Å². The molecule has 0 aliphatic rings. The zero-order valence-corrected chi connectivity index (χ0v) is 6.80. The fraction of sp³-hybridized carbons (Fsp3) is 0.125. The van der Waals surface area contributed by atoms with Crippen molar-refractivity contribution in [3.63, 3.8) is 0 Å². The average molecular weight is 205 g/mol. The number of para-hydroxylation sites is 1. The van der Waals surface area contributed by atoms with E-state index in [0.717, 1.165) is 12.1 Å². The molecular formula is C8H6F3NO2. The number of primary amides is 1. The number of rotatable bonds is 1. The Hall–Kier alpha value is -1.72. The number of amides is 1. The molecule has 1 aromatic carbocycles. The van der Waals surface area contributed by atoms with Crippen molar-refractivity contribution in [2.45, 2.75) is 6.18 Å². The molecule has 0 bridgehead atoms. The van der Waals surface area contributed by atoms with Gasteiger partial charge in [0.05, 0.1) is 11.1 Å². The van der Waals surface area contributed by atoms with Crippen LogP contribution >= 0.6 is 0 Å². The van der Waals surface area contributed by atoms with Gasteiger partial charge in [-0.15, -0.1) is 0 Å². The van der Waals surface area contributed by atoms with Crippen LogP contribution in [0.15, 0.2) is 18.2 Å². The van der Waals surface area contributed by atoms with Crippen molar-refractivity contribution in [2.24, 2.45) is 5.73 Å². The highest BCUT2D eigenvalue weighted by Gasteiger charge is 2.35. The molecular weight excluding hydrogens is 199 g/mol. The number of halogens is 3. The summed E-state index contributed by atoms with van der Waals surface area (Å²) in [5, 5.41) is 9.07. The Morgan fingerprint density at radius 3 is 2.36 bits per heavy atom.